The highest BCUT2D eigenvalue weighted by atomic mass is 79.9. The number of hydrogen-bond donors (Lipinski definition) is 1. The second-order valence-corrected chi connectivity index (χ2v) is 5.49. The Morgan fingerprint density at radius 2 is 2.19 bits per heavy atom. The van der Waals surface area contributed by atoms with Crippen LogP contribution in [0.15, 0.2) is 16.6 Å². The maximum Gasteiger partial charge on any atom is 0.128 e. The molecule has 1 atom stereocenters. The normalized spacial score (nSPS) is 20.2. The molecule has 0 spiro atoms. The average Bonchev–Trinajstić information content (AvgIpc) is 2.40. The van der Waals surface area contributed by atoms with Gasteiger partial charge in [0.15, 0.2) is 0 Å². The second kappa shape index (κ2) is 4.76. The van der Waals surface area contributed by atoms with Crippen molar-refractivity contribution >= 4 is 15.9 Å². The first-order valence-electron chi connectivity index (χ1n) is 5.73. The Kier molecular flexibility index (Phi) is 3.55. The van der Waals surface area contributed by atoms with Gasteiger partial charge in [-0.05, 0) is 36.5 Å². The minimum absolute atomic E-state index is 0.396. The van der Waals surface area contributed by atoms with Gasteiger partial charge in [-0.15, -0.1) is 0 Å². The monoisotopic (exact) mass is 284 g/mol. The Morgan fingerprint density at radius 1 is 1.44 bits per heavy atom. The maximum atomic E-state index is 10.1. The van der Waals surface area contributed by atoms with E-state index in [0.717, 1.165) is 28.6 Å². The van der Waals surface area contributed by atoms with Crippen LogP contribution in [0.25, 0.3) is 0 Å². The maximum absolute atomic E-state index is 10.1. The number of halogens is 1. The van der Waals surface area contributed by atoms with Crippen LogP contribution in [0.5, 0.6) is 5.75 Å². The van der Waals surface area contributed by atoms with Crippen LogP contribution in [0.4, 0.5) is 0 Å². The topological polar surface area (TPSA) is 29.5 Å². The van der Waals surface area contributed by atoms with Gasteiger partial charge in [0.05, 0.1) is 12.7 Å². The van der Waals surface area contributed by atoms with E-state index < -0.39 is 6.10 Å². The highest BCUT2D eigenvalue weighted by Gasteiger charge is 2.22. The van der Waals surface area contributed by atoms with Crippen molar-refractivity contribution in [1.29, 1.82) is 0 Å². The third kappa shape index (κ3) is 2.25. The van der Waals surface area contributed by atoms with Crippen molar-refractivity contribution in [1.82, 2.24) is 0 Å². The largest absolute Gasteiger partial charge is 0.493 e. The Balaban J connectivity index is 2.56. The number of aliphatic hydroxyl groups is 1. The summed E-state index contributed by atoms with van der Waals surface area (Å²) in [6.07, 6.45) is 1.29. The minimum Gasteiger partial charge on any atom is -0.493 e. The van der Waals surface area contributed by atoms with E-state index in [9.17, 15) is 5.11 Å². The minimum atomic E-state index is -0.396. The molecule has 16 heavy (non-hydrogen) atoms. The van der Waals surface area contributed by atoms with Gasteiger partial charge in [0, 0.05) is 10.0 Å². The van der Waals surface area contributed by atoms with Gasteiger partial charge in [-0.2, -0.15) is 0 Å². The third-order valence-corrected chi connectivity index (χ3v) is 3.42. The molecule has 2 rings (SSSR count). The van der Waals surface area contributed by atoms with E-state index in [2.05, 4.69) is 35.8 Å². The first kappa shape index (κ1) is 11.9. The molecular weight excluding hydrogens is 268 g/mol. The summed E-state index contributed by atoms with van der Waals surface area (Å²) in [5.74, 6) is 1.29. The van der Waals surface area contributed by atoms with Crippen molar-refractivity contribution in [3.8, 4) is 5.75 Å². The van der Waals surface area contributed by atoms with E-state index >= 15 is 0 Å². The van der Waals surface area contributed by atoms with Crippen LogP contribution >= 0.6 is 15.9 Å². The highest BCUT2D eigenvalue weighted by Crippen LogP contribution is 2.39. The van der Waals surface area contributed by atoms with Crippen LogP contribution in [0, 0.1) is 0 Å². The molecule has 1 aliphatic rings. The van der Waals surface area contributed by atoms with E-state index in [1.165, 1.54) is 5.56 Å². The SMILES string of the molecule is CC(C)c1cc(Br)cc2c1OCCCC2O. The van der Waals surface area contributed by atoms with Crippen LogP contribution in [-0.2, 0) is 0 Å². The Morgan fingerprint density at radius 3 is 2.88 bits per heavy atom. The standard InChI is InChI=1S/C13H17BrO2/c1-8(2)10-6-9(14)7-11-12(15)4-3-5-16-13(10)11/h6-8,12,15H,3-5H2,1-2H3. The predicted molar refractivity (Wildman–Crippen MR) is 67.9 cm³/mol. The van der Waals surface area contributed by atoms with Gasteiger partial charge < -0.3 is 9.84 Å². The molecule has 0 bridgehead atoms. The lowest BCUT2D eigenvalue weighted by Crippen LogP contribution is -2.02. The number of rotatable bonds is 1. The first-order chi connectivity index (χ1) is 7.59. The van der Waals surface area contributed by atoms with Crippen molar-refractivity contribution in [2.45, 2.75) is 38.7 Å². The van der Waals surface area contributed by atoms with E-state index in [1.54, 1.807) is 0 Å². The van der Waals surface area contributed by atoms with E-state index in [0.29, 0.717) is 12.5 Å². The van der Waals surface area contributed by atoms with Crippen LogP contribution in [-0.4, -0.2) is 11.7 Å². The molecular formula is C13H17BrO2. The number of fused-ring (bicyclic) bond motifs is 1. The smallest absolute Gasteiger partial charge is 0.128 e. The molecule has 0 saturated carbocycles. The van der Waals surface area contributed by atoms with Crippen molar-refractivity contribution in [2.24, 2.45) is 0 Å². The lowest BCUT2D eigenvalue weighted by molar-refractivity contribution is 0.167. The summed E-state index contributed by atoms with van der Waals surface area (Å²) in [7, 11) is 0. The van der Waals surface area contributed by atoms with Crippen LogP contribution in [0.1, 0.15) is 49.8 Å². The number of ether oxygens (including phenoxy) is 1. The van der Waals surface area contributed by atoms with Crippen molar-refractivity contribution in [3.63, 3.8) is 0 Å². The molecule has 3 heteroatoms. The highest BCUT2D eigenvalue weighted by molar-refractivity contribution is 9.10. The summed E-state index contributed by atoms with van der Waals surface area (Å²) in [5, 5.41) is 10.1. The Hall–Kier alpha value is -0.540. The molecule has 0 aliphatic carbocycles. The zero-order valence-electron chi connectivity index (χ0n) is 9.66. The third-order valence-electron chi connectivity index (χ3n) is 2.96. The zero-order chi connectivity index (χ0) is 11.7. The van der Waals surface area contributed by atoms with Crippen molar-refractivity contribution in [2.75, 3.05) is 6.61 Å². The van der Waals surface area contributed by atoms with Gasteiger partial charge >= 0.3 is 0 Å². The van der Waals surface area contributed by atoms with Gasteiger partial charge in [0.1, 0.15) is 5.75 Å². The Labute approximate surface area is 105 Å². The molecule has 0 radical (unpaired) electrons. The molecule has 0 amide bonds. The van der Waals surface area contributed by atoms with Gasteiger partial charge in [0.2, 0.25) is 0 Å². The summed E-state index contributed by atoms with van der Waals surface area (Å²) in [4.78, 5) is 0. The number of hydrogen-bond acceptors (Lipinski definition) is 2. The molecule has 88 valence electrons. The van der Waals surface area contributed by atoms with E-state index in [4.69, 9.17) is 4.74 Å². The fraction of sp³-hybridized carbons (Fsp3) is 0.538. The number of aliphatic hydroxyl groups excluding tert-OH is 1. The molecule has 2 nitrogen and oxygen atoms in total. The molecule has 0 saturated heterocycles. The van der Waals surface area contributed by atoms with Gasteiger partial charge in [-0.25, -0.2) is 0 Å². The van der Waals surface area contributed by atoms with Gasteiger partial charge in [-0.1, -0.05) is 29.8 Å². The summed E-state index contributed by atoms with van der Waals surface area (Å²) in [6, 6.07) is 4.05. The zero-order valence-corrected chi connectivity index (χ0v) is 11.3. The molecule has 0 aromatic heterocycles. The van der Waals surface area contributed by atoms with Crippen LogP contribution < -0.4 is 4.74 Å². The van der Waals surface area contributed by atoms with Crippen molar-refractivity contribution in [3.05, 3.63) is 27.7 Å². The molecule has 0 fully saturated rings. The first-order valence-corrected chi connectivity index (χ1v) is 6.53. The Bertz CT molecular complexity index is 388. The van der Waals surface area contributed by atoms with E-state index in [-0.39, 0.29) is 0 Å². The predicted octanol–water partition coefficient (Wildman–Crippen LogP) is 3.78. The lowest BCUT2D eigenvalue weighted by atomic mass is 9.96. The van der Waals surface area contributed by atoms with Crippen LogP contribution in [0.2, 0.25) is 0 Å². The molecule has 1 heterocycles. The average molecular weight is 285 g/mol. The fourth-order valence-corrected chi connectivity index (χ4v) is 2.58. The van der Waals surface area contributed by atoms with Gasteiger partial charge in [-0.3, -0.25) is 0 Å². The fourth-order valence-electron chi connectivity index (χ4n) is 2.09. The van der Waals surface area contributed by atoms with Gasteiger partial charge in [0.25, 0.3) is 0 Å². The summed E-state index contributed by atoms with van der Waals surface area (Å²) >= 11 is 3.50. The lowest BCUT2D eigenvalue weighted by Gasteiger charge is -2.18. The number of benzene rings is 1. The second-order valence-electron chi connectivity index (χ2n) is 4.57. The molecule has 1 aliphatic heterocycles. The summed E-state index contributed by atoms with van der Waals surface area (Å²) in [5.41, 5.74) is 2.10. The molecule has 1 aromatic rings. The summed E-state index contributed by atoms with van der Waals surface area (Å²) < 4.78 is 6.80. The molecule has 1 N–H and O–H groups in total. The quantitative estimate of drug-likeness (QED) is 0.851. The molecule has 1 aromatic carbocycles. The molecule has 1 unspecified atom stereocenters. The van der Waals surface area contributed by atoms with Crippen molar-refractivity contribution < 1.29 is 9.84 Å². The van der Waals surface area contributed by atoms with E-state index in [1.807, 2.05) is 6.07 Å². The summed E-state index contributed by atoms with van der Waals surface area (Å²) in [6.45, 7) is 4.98. The van der Waals surface area contributed by atoms with Crippen LogP contribution in [0.3, 0.4) is 0 Å².